The highest BCUT2D eigenvalue weighted by Crippen LogP contribution is 2.19. The molecule has 0 aliphatic heterocycles. The van der Waals surface area contributed by atoms with Crippen molar-refractivity contribution >= 4 is 28.7 Å². The fourth-order valence-electron chi connectivity index (χ4n) is 3.83. The van der Waals surface area contributed by atoms with Gasteiger partial charge in [-0.1, -0.05) is 60.7 Å². The van der Waals surface area contributed by atoms with E-state index in [1.807, 2.05) is 79.7 Å². The number of benzene rings is 4. The van der Waals surface area contributed by atoms with Crippen LogP contribution in [-0.4, -0.2) is 28.4 Å². The number of aromatic nitrogens is 2. The minimum atomic E-state index is -0.250. The molecule has 1 heterocycles. The third kappa shape index (κ3) is 5.46. The maximum atomic E-state index is 13.3. The lowest BCUT2D eigenvalue weighted by Gasteiger charge is -2.10. The topological polar surface area (TPSA) is 85.6 Å². The van der Waals surface area contributed by atoms with Crippen LogP contribution in [0.4, 0.5) is 5.69 Å². The number of nitrogens with zero attached hydrogens (tertiary/aromatic N) is 3. The maximum absolute atomic E-state index is 13.3. The highest BCUT2D eigenvalue weighted by Gasteiger charge is 2.12. The summed E-state index contributed by atoms with van der Waals surface area (Å²) in [5.74, 6) is 0.767. The molecule has 7 nitrogen and oxygen atoms in total. The van der Waals surface area contributed by atoms with E-state index in [0.717, 1.165) is 22.4 Å². The second-order valence-corrected chi connectivity index (χ2v) is 8.40. The van der Waals surface area contributed by atoms with Crippen LogP contribution in [-0.2, 0) is 4.79 Å². The van der Waals surface area contributed by atoms with Crippen molar-refractivity contribution in [3.05, 3.63) is 125 Å². The van der Waals surface area contributed by atoms with Crippen molar-refractivity contribution in [2.24, 2.45) is 5.10 Å². The molecule has 4 aromatic carbocycles. The number of aryl methyl sites for hydroxylation is 1. The Kier molecular flexibility index (Phi) is 6.85. The molecule has 0 spiro atoms. The van der Waals surface area contributed by atoms with Gasteiger partial charge in [0.25, 0.3) is 11.5 Å². The van der Waals surface area contributed by atoms with Gasteiger partial charge in [-0.15, -0.1) is 0 Å². The van der Waals surface area contributed by atoms with E-state index >= 15 is 0 Å². The zero-order chi connectivity index (χ0) is 25.6. The lowest BCUT2D eigenvalue weighted by molar-refractivity contribution is -0.118. The summed E-state index contributed by atoms with van der Waals surface area (Å²) < 4.78 is 6.94. The molecule has 0 aliphatic carbocycles. The molecule has 0 unspecified atom stereocenters. The molecule has 1 aromatic heterocycles. The number of nitrogens with one attached hydrogen (secondary N) is 1. The zero-order valence-electron chi connectivity index (χ0n) is 20.2. The average molecular weight is 489 g/mol. The largest absolute Gasteiger partial charge is 0.484 e. The van der Waals surface area contributed by atoms with Crippen LogP contribution in [0.1, 0.15) is 11.1 Å². The molecule has 1 N–H and O–H groups in total. The fourth-order valence-corrected chi connectivity index (χ4v) is 3.83. The summed E-state index contributed by atoms with van der Waals surface area (Å²) in [4.78, 5) is 30.2. The van der Waals surface area contributed by atoms with Gasteiger partial charge in [-0.3, -0.25) is 9.59 Å². The minimum Gasteiger partial charge on any atom is -0.484 e. The van der Waals surface area contributed by atoms with Crippen LogP contribution < -0.4 is 15.6 Å². The third-order valence-corrected chi connectivity index (χ3v) is 5.78. The molecule has 182 valence electrons. The summed E-state index contributed by atoms with van der Waals surface area (Å²) in [6, 6.07) is 31.4. The Hall–Kier alpha value is -5.04. The zero-order valence-corrected chi connectivity index (χ0v) is 20.2. The van der Waals surface area contributed by atoms with Crippen molar-refractivity contribution in [1.82, 2.24) is 9.66 Å². The molecule has 0 atom stereocenters. The van der Waals surface area contributed by atoms with E-state index in [-0.39, 0.29) is 18.1 Å². The smallest absolute Gasteiger partial charge is 0.282 e. The van der Waals surface area contributed by atoms with Crippen molar-refractivity contribution in [3.8, 4) is 17.1 Å². The molecule has 37 heavy (non-hydrogen) atoms. The van der Waals surface area contributed by atoms with Crippen LogP contribution >= 0.6 is 0 Å². The van der Waals surface area contributed by atoms with E-state index in [4.69, 9.17) is 9.72 Å². The summed E-state index contributed by atoms with van der Waals surface area (Å²) in [5, 5.41) is 7.81. The molecule has 0 saturated carbocycles. The molecule has 0 bridgehead atoms. The normalized spacial score (nSPS) is 11.1. The first-order chi connectivity index (χ1) is 18.1. The summed E-state index contributed by atoms with van der Waals surface area (Å²) >= 11 is 0. The van der Waals surface area contributed by atoms with E-state index in [9.17, 15) is 9.59 Å². The van der Waals surface area contributed by atoms with E-state index in [1.54, 1.807) is 36.5 Å². The van der Waals surface area contributed by atoms with Crippen molar-refractivity contribution < 1.29 is 9.53 Å². The highest BCUT2D eigenvalue weighted by atomic mass is 16.5. The quantitative estimate of drug-likeness (QED) is 0.316. The molecule has 5 aromatic rings. The van der Waals surface area contributed by atoms with Crippen LogP contribution in [0, 0.1) is 6.92 Å². The molecule has 1 amide bonds. The Morgan fingerprint density at radius 2 is 1.62 bits per heavy atom. The molecule has 0 fully saturated rings. The number of hydrogen-bond donors (Lipinski definition) is 1. The predicted molar refractivity (Wildman–Crippen MR) is 146 cm³/mol. The van der Waals surface area contributed by atoms with E-state index in [0.29, 0.717) is 22.5 Å². The van der Waals surface area contributed by atoms with Crippen molar-refractivity contribution in [2.75, 3.05) is 11.9 Å². The van der Waals surface area contributed by atoms with Gasteiger partial charge in [-0.2, -0.15) is 9.78 Å². The summed E-state index contributed by atoms with van der Waals surface area (Å²) in [6.07, 6.45) is 1.60. The van der Waals surface area contributed by atoms with Crippen molar-refractivity contribution in [1.29, 1.82) is 0 Å². The number of fused-ring (bicyclic) bond motifs is 1. The van der Waals surface area contributed by atoms with Gasteiger partial charge < -0.3 is 10.1 Å². The summed E-state index contributed by atoms with van der Waals surface area (Å²) in [7, 11) is 0. The third-order valence-electron chi connectivity index (χ3n) is 5.78. The van der Waals surface area contributed by atoms with Gasteiger partial charge in [0.15, 0.2) is 12.4 Å². The Balaban J connectivity index is 1.33. The molecular weight excluding hydrogens is 464 g/mol. The molecule has 5 rings (SSSR count). The number of anilines is 1. The van der Waals surface area contributed by atoms with Crippen LogP contribution in [0.2, 0.25) is 0 Å². The average Bonchev–Trinajstić information content (AvgIpc) is 2.94. The first kappa shape index (κ1) is 23.7. The van der Waals surface area contributed by atoms with E-state index < -0.39 is 0 Å². The van der Waals surface area contributed by atoms with Gasteiger partial charge in [-0.05, 0) is 60.5 Å². The minimum absolute atomic E-state index is 0.111. The van der Waals surface area contributed by atoms with Gasteiger partial charge in [0.1, 0.15) is 5.75 Å². The van der Waals surface area contributed by atoms with Crippen LogP contribution in [0.25, 0.3) is 22.3 Å². The number of hydrogen-bond acceptors (Lipinski definition) is 5. The van der Waals surface area contributed by atoms with Gasteiger partial charge in [0.2, 0.25) is 0 Å². The Bertz CT molecular complexity index is 1640. The molecule has 0 radical (unpaired) electrons. The number of rotatable bonds is 7. The van der Waals surface area contributed by atoms with Gasteiger partial charge in [-0.25, -0.2) is 4.98 Å². The van der Waals surface area contributed by atoms with Crippen LogP contribution in [0.5, 0.6) is 5.75 Å². The van der Waals surface area contributed by atoms with Crippen LogP contribution in [0.3, 0.4) is 0 Å². The molecule has 0 aliphatic rings. The number of carbonyl (C=O) groups excluding carboxylic acids is 1. The van der Waals surface area contributed by atoms with Crippen molar-refractivity contribution in [3.63, 3.8) is 0 Å². The van der Waals surface area contributed by atoms with Crippen molar-refractivity contribution in [2.45, 2.75) is 6.92 Å². The fraction of sp³-hybridized carbons (Fsp3) is 0.0667. The SMILES string of the molecule is Cc1ccccc1NC(=O)COc1ccc(C=Nn2c(-c3ccccc3)nc3ccccc3c2=O)cc1. The van der Waals surface area contributed by atoms with Gasteiger partial charge >= 0.3 is 0 Å². The first-order valence-electron chi connectivity index (χ1n) is 11.8. The number of para-hydroxylation sites is 2. The maximum Gasteiger partial charge on any atom is 0.282 e. The first-order valence-corrected chi connectivity index (χ1v) is 11.8. The van der Waals surface area contributed by atoms with E-state index in [1.165, 1.54) is 4.68 Å². The second kappa shape index (κ2) is 10.7. The Morgan fingerprint density at radius 3 is 2.41 bits per heavy atom. The standard InChI is InChI=1S/C30H24N4O3/c1-21-9-5-7-13-26(21)32-28(35)20-37-24-17-15-22(16-18-24)19-31-34-29(23-10-3-2-4-11-23)33-27-14-8-6-12-25(27)30(34)36/h2-19H,20H2,1H3,(H,32,35). The highest BCUT2D eigenvalue weighted by molar-refractivity contribution is 5.92. The molecule has 0 saturated heterocycles. The van der Waals surface area contributed by atoms with E-state index in [2.05, 4.69) is 10.4 Å². The Labute approximate surface area is 213 Å². The van der Waals surface area contributed by atoms with Crippen LogP contribution in [0.15, 0.2) is 113 Å². The van der Waals surface area contributed by atoms with Gasteiger partial charge in [0.05, 0.1) is 17.1 Å². The Morgan fingerprint density at radius 1 is 0.919 bits per heavy atom. The number of amides is 1. The lowest BCUT2D eigenvalue weighted by atomic mass is 10.2. The molecule has 7 heteroatoms. The number of carbonyl (C=O) groups is 1. The lowest BCUT2D eigenvalue weighted by Crippen LogP contribution is -2.20. The molecular formula is C30H24N4O3. The monoisotopic (exact) mass is 488 g/mol. The number of ether oxygens (including phenoxy) is 1. The second-order valence-electron chi connectivity index (χ2n) is 8.40. The van der Waals surface area contributed by atoms with Gasteiger partial charge in [0, 0.05) is 11.3 Å². The summed E-state index contributed by atoms with van der Waals surface area (Å²) in [5.41, 5.74) is 3.66. The summed E-state index contributed by atoms with van der Waals surface area (Å²) in [6.45, 7) is 1.82. The predicted octanol–water partition coefficient (Wildman–Crippen LogP) is 5.27.